The van der Waals surface area contributed by atoms with Gasteiger partial charge in [-0.15, -0.1) is 0 Å². The number of phosphoric acid groups is 1. The number of hydrogen-bond donors (Lipinski definition) is 4. The van der Waals surface area contributed by atoms with Crippen molar-refractivity contribution in [2.24, 2.45) is 0 Å². The van der Waals surface area contributed by atoms with Gasteiger partial charge in [-0.1, -0.05) is 90.9 Å². The molecule has 0 aromatic heterocycles. The van der Waals surface area contributed by atoms with Crippen molar-refractivity contribution in [1.82, 2.24) is 5.32 Å². The predicted molar refractivity (Wildman–Crippen MR) is 103 cm³/mol. The molecule has 4 N–H and O–H groups in total. The summed E-state index contributed by atoms with van der Waals surface area (Å²) in [6, 6.07) is 0. The Kier molecular flexibility index (Phi) is 23.1. The molecule has 0 saturated carbocycles. The Morgan fingerprint density at radius 3 is 1.12 bits per heavy atom. The van der Waals surface area contributed by atoms with Crippen molar-refractivity contribution >= 4 is 7.82 Å². The first kappa shape index (κ1) is 26.3. The third kappa shape index (κ3) is 37.9. The molecule has 0 aromatic carbocycles. The highest BCUT2D eigenvalue weighted by Crippen LogP contribution is 2.25. The average molecular weight is 368 g/mol. The second kappa shape index (κ2) is 21.1. The molecule has 0 rings (SSSR count). The summed E-state index contributed by atoms with van der Waals surface area (Å²) in [7, 11) is -4.64. The first-order valence-electron chi connectivity index (χ1n) is 9.90. The molecule has 0 fully saturated rings. The van der Waals surface area contributed by atoms with Gasteiger partial charge in [0.1, 0.15) is 0 Å². The first-order chi connectivity index (χ1) is 11.4. The predicted octanol–water partition coefficient (Wildman–Crippen LogP) is 5.15. The van der Waals surface area contributed by atoms with Gasteiger partial charge in [-0.05, 0) is 25.9 Å². The monoisotopic (exact) mass is 367 g/mol. The molecule has 5 nitrogen and oxygen atoms in total. The lowest BCUT2D eigenvalue weighted by Crippen LogP contribution is -2.16. The van der Waals surface area contributed by atoms with Crippen LogP contribution in [0, 0.1) is 0 Å². The van der Waals surface area contributed by atoms with Gasteiger partial charge in [-0.25, -0.2) is 4.57 Å². The van der Waals surface area contributed by atoms with E-state index >= 15 is 0 Å². The molecule has 0 atom stereocenters. The second-order valence-corrected chi connectivity index (χ2v) is 7.53. The van der Waals surface area contributed by atoms with Crippen LogP contribution < -0.4 is 5.32 Å². The topological polar surface area (TPSA) is 89.8 Å². The van der Waals surface area contributed by atoms with Crippen molar-refractivity contribution in [3.05, 3.63) is 0 Å². The fourth-order valence-corrected chi connectivity index (χ4v) is 2.54. The Bertz CT molecular complexity index is 247. The minimum atomic E-state index is -4.64. The van der Waals surface area contributed by atoms with Crippen LogP contribution in [0.5, 0.6) is 0 Å². The van der Waals surface area contributed by atoms with E-state index in [4.69, 9.17) is 19.2 Å². The summed E-state index contributed by atoms with van der Waals surface area (Å²) in [5.74, 6) is 0. The Morgan fingerprint density at radius 2 is 0.833 bits per heavy atom. The van der Waals surface area contributed by atoms with Gasteiger partial charge in [-0.3, -0.25) is 0 Å². The summed E-state index contributed by atoms with van der Waals surface area (Å²) in [6.45, 7) is 7.05. The highest BCUT2D eigenvalue weighted by Gasteiger charge is 2.00. The SMILES string of the molecule is CCCCCCCCCNCCCCCCCCC.O=P(O)(O)O. The second-order valence-electron chi connectivity index (χ2n) is 6.51. The number of rotatable bonds is 16. The molecular weight excluding hydrogens is 325 g/mol. The molecule has 0 heterocycles. The van der Waals surface area contributed by atoms with Crippen molar-refractivity contribution in [3.8, 4) is 0 Å². The largest absolute Gasteiger partial charge is 0.466 e. The molecule has 0 spiro atoms. The summed E-state index contributed by atoms with van der Waals surface area (Å²) in [5.41, 5.74) is 0. The molecule has 0 aliphatic carbocycles. The molecule has 148 valence electrons. The molecule has 6 heteroatoms. The number of nitrogens with one attached hydrogen (secondary N) is 1. The van der Waals surface area contributed by atoms with Crippen molar-refractivity contribution < 1.29 is 19.2 Å². The van der Waals surface area contributed by atoms with Crippen LogP contribution in [-0.4, -0.2) is 27.8 Å². The highest BCUT2D eigenvalue weighted by atomic mass is 31.2. The van der Waals surface area contributed by atoms with Crippen LogP contribution in [0.15, 0.2) is 0 Å². The molecule has 0 radical (unpaired) electrons. The first-order valence-corrected chi connectivity index (χ1v) is 11.5. The fraction of sp³-hybridized carbons (Fsp3) is 1.00. The maximum absolute atomic E-state index is 8.88. The maximum Gasteiger partial charge on any atom is 0.466 e. The lowest BCUT2D eigenvalue weighted by Gasteiger charge is -2.05. The summed E-state index contributed by atoms with van der Waals surface area (Å²) in [6.07, 6.45) is 19.9. The van der Waals surface area contributed by atoms with Gasteiger partial charge in [-0.2, -0.15) is 0 Å². The third-order valence-corrected chi connectivity index (χ3v) is 3.91. The summed E-state index contributed by atoms with van der Waals surface area (Å²) < 4.78 is 8.88. The zero-order valence-corrected chi connectivity index (χ0v) is 16.9. The van der Waals surface area contributed by atoms with Gasteiger partial charge in [0, 0.05) is 0 Å². The highest BCUT2D eigenvalue weighted by molar-refractivity contribution is 7.45. The number of unbranched alkanes of at least 4 members (excludes halogenated alkanes) is 12. The Morgan fingerprint density at radius 1 is 0.583 bits per heavy atom. The van der Waals surface area contributed by atoms with E-state index in [1.54, 1.807) is 0 Å². The van der Waals surface area contributed by atoms with Crippen LogP contribution in [0.4, 0.5) is 0 Å². The van der Waals surface area contributed by atoms with Crippen LogP contribution >= 0.6 is 7.82 Å². The van der Waals surface area contributed by atoms with E-state index in [0.29, 0.717) is 0 Å². The Hall–Kier alpha value is 0.0700. The van der Waals surface area contributed by atoms with E-state index in [2.05, 4.69) is 19.2 Å². The van der Waals surface area contributed by atoms with E-state index in [-0.39, 0.29) is 0 Å². The van der Waals surface area contributed by atoms with E-state index in [1.165, 1.54) is 103 Å². The van der Waals surface area contributed by atoms with Gasteiger partial charge < -0.3 is 20.0 Å². The smallest absolute Gasteiger partial charge is 0.317 e. The molecule has 0 unspecified atom stereocenters. The van der Waals surface area contributed by atoms with Gasteiger partial charge in [0.05, 0.1) is 0 Å². The molecule has 24 heavy (non-hydrogen) atoms. The van der Waals surface area contributed by atoms with E-state index in [9.17, 15) is 0 Å². The molecule has 0 aliphatic rings. The van der Waals surface area contributed by atoms with Gasteiger partial charge >= 0.3 is 7.82 Å². The standard InChI is InChI=1S/C18H39N.H3O4P/c1-3-5-7-9-11-13-15-17-19-18-16-14-12-10-8-6-4-2;1-5(2,3)4/h19H,3-18H2,1-2H3;(H3,1,2,3,4). The summed E-state index contributed by atoms with van der Waals surface area (Å²) >= 11 is 0. The van der Waals surface area contributed by atoms with E-state index in [1.807, 2.05) is 0 Å². The minimum Gasteiger partial charge on any atom is -0.317 e. The molecule has 0 amide bonds. The van der Waals surface area contributed by atoms with Crippen LogP contribution in [0.2, 0.25) is 0 Å². The van der Waals surface area contributed by atoms with Gasteiger partial charge in [0.15, 0.2) is 0 Å². The lowest BCUT2D eigenvalue weighted by atomic mass is 10.1. The van der Waals surface area contributed by atoms with Crippen LogP contribution in [0.3, 0.4) is 0 Å². The third-order valence-electron chi connectivity index (χ3n) is 3.91. The normalized spacial score (nSPS) is 11.2. The zero-order chi connectivity index (χ0) is 18.5. The molecular formula is C18H42NO4P. The van der Waals surface area contributed by atoms with E-state index < -0.39 is 7.82 Å². The minimum absolute atomic E-state index is 1.24. The van der Waals surface area contributed by atoms with Crippen molar-refractivity contribution in [2.75, 3.05) is 13.1 Å². The van der Waals surface area contributed by atoms with Crippen LogP contribution in [0.25, 0.3) is 0 Å². The van der Waals surface area contributed by atoms with E-state index in [0.717, 1.165) is 0 Å². The molecule has 0 aromatic rings. The summed E-state index contributed by atoms with van der Waals surface area (Å²) in [4.78, 5) is 21.6. The van der Waals surface area contributed by atoms with Crippen LogP contribution in [0.1, 0.15) is 104 Å². The van der Waals surface area contributed by atoms with Crippen molar-refractivity contribution in [2.45, 2.75) is 104 Å². The maximum atomic E-state index is 8.88. The van der Waals surface area contributed by atoms with Gasteiger partial charge in [0.25, 0.3) is 0 Å². The fourth-order valence-electron chi connectivity index (χ4n) is 2.54. The lowest BCUT2D eigenvalue weighted by molar-refractivity contribution is 0.275. The van der Waals surface area contributed by atoms with Gasteiger partial charge in [0.2, 0.25) is 0 Å². The Labute approximate surface area is 149 Å². The molecule has 0 bridgehead atoms. The average Bonchev–Trinajstić information content (AvgIpc) is 2.49. The molecule has 0 aliphatic heterocycles. The quantitative estimate of drug-likeness (QED) is 0.224. The zero-order valence-electron chi connectivity index (χ0n) is 16.0. The van der Waals surface area contributed by atoms with Crippen molar-refractivity contribution in [1.29, 1.82) is 0 Å². The van der Waals surface area contributed by atoms with Crippen LogP contribution in [-0.2, 0) is 4.57 Å². The molecule has 0 saturated heterocycles. The summed E-state index contributed by atoms with van der Waals surface area (Å²) in [5, 5.41) is 3.59. The van der Waals surface area contributed by atoms with Crippen molar-refractivity contribution in [3.63, 3.8) is 0 Å². The Balaban J connectivity index is 0. The number of hydrogen-bond acceptors (Lipinski definition) is 2.